The first-order valence-corrected chi connectivity index (χ1v) is 6.60. The molecule has 0 radical (unpaired) electrons. The lowest BCUT2D eigenvalue weighted by Gasteiger charge is -2.12. The Morgan fingerprint density at radius 2 is 1.95 bits per heavy atom. The highest BCUT2D eigenvalue weighted by Gasteiger charge is 2.06. The van der Waals surface area contributed by atoms with E-state index >= 15 is 0 Å². The zero-order chi connectivity index (χ0) is 13.8. The average molecular weight is 277 g/mol. The van der Waals surface area contributed by atoms with E-state index in [-0.39, 0.29) is 0 Å². The van der Waals surface area contributed by atoms with E-state index in [1.54, 1.807) is 6.92 Å². The topological polar surface area (TPSA) is 29.5 Å². The Morgan fingerprint density at radius 3 is 2.58 bits per heavy atom. The number of aliphatic hydroxyl groups excluding tert-OH is 1. The predicted octanol–water partition coefficient (Wildman–Crippen LogP) is 4.28. The van der Waals surface area contributed by atoms with E-state index < -0.39 is 6.10 Å². The van der Waals surface area contributed by atoms with Gasteiger partial charge in [0.1, 0.15) is 12.4 Å². The van der Waals surface area contributed by atoms with E-state index in [4.69, 9.17) is 16.3 Å². The molecule has 1 N–H and O–H groups in total. The number of aryl methyl sites for hydroxylation is 1. The summed E-state index contributed by atoms with van der Waals surface area (Å²) in [7, 11) is 0. The third-order valence-electron chi connectivity index (χ3n) is 3.02. The summed E-state index contributed by atoms with van der Waals surface area (Å²) in [6, 6.07) is 13.3. The quantitative estimate of drug-likeness (QED) is 0.903. The Labute approximate surface area is 118 Å². The van der Waals surface area contributed by atoms with Crippen molar-refractivity contribution in [1.29, 1.82) is 0 Å². The smallest absolute Gasteiger partial charge is 0.122 e. The third-order valence-corrected chi connectivity index (χ3v) is 3.39. The summed E-state index contributed by atoms with van der Waals surface area (Å²) in [4.78, 5) is 0. The van der Waals surface area contributed by atoms with Gasteiger partial charge in [-0.3, -0.25) is 0 Å². The van der Waals surface area contributed by atoms with Crippen LogP contribution in [-0.2, 0) is 6.61 Å². The van der Waals surface area contributed by atoms with Gasteiger partial charge >= 0.3 is 0 Å². The third kappa shape index (κ3) is 3.49. The second kappa shape index (κ2) is 6.09. The maximum Gasteiger partial charge on any atom is 0.122 e. The van der Waals surface area contributed by atoms with E-state index in [2.05, 4.69) is 0 Å². The molecular formula is C16H17ClO2. The van der Waals surface area contributed by atoms with Crippen molar-refractivity contribution in [2.45, 2.75) is 26.6 Å². The van der Waals surface area contributed by atoms with E-state index in [0.717, 1.165) is 22.4 Å². The second-order valence-corrected chi connectivity index (χ2v) is 4.99. The van der Waals surface area contributed by atoms with Crippen LogP contribution in [0.1, 0.15) is 29.7 Å². The van der Waals surface area contributed by atoms with Crippen molar-refractivity contribution in [2.24, 2.45) is 0 Å². The van der Waals surface area contributed by atoms with Gasteiger partial charge in [-0.2, -0.15) is 0 Å². The minimum absolute atomic E-state index is 0.439. The highest BCUT2D eigenvalue weighted by Crippen LogP contribution is 2.24. The Balaban J connectivity index is 2.10. The summed E-state index contributed by atoms with van der Waals surface area (Å²) >= 11 is 6.08. The van der Waals surface area contributed by atoms with Crippen LogP contribution in [0.3, 0.4) is 0 Å². The van der Waals surface area contributed by atoms with Crippen LogP contribution in [0, 0.1) is 6.92 Å². The SMILES string of the molecule is Cc1cc([C@H](C)O)ccc1OCc1ccccc1Cl. The predicted molar refractivity (Wildman–Crippen MR) is 77.6 cm³/mol. The van der Waals surface area contributed by atoms with Crippen molar-refractivity contribution in [1.82, 2.24) is 0 Å². The minimum Gasteiger partial charge on any atom is -0.489 e. The molecule has 0 aliphatic rings. The van der Waals surface area contributed by atoms with Crippen LogP contribution in [0.5, 0.6) is 5.75 Å². The highest BCUT2D eigenvalue weighted by molar-refractivity contribution is 6.31. The Kier molecular flexibility index (Phi) is 4.46. The van der Waals surface area contributed by atoms with Crippen molar-refractivity contribution in [3.63, 3.8) is 0 Å². The lowest BCUT2D eigenvalue weighted by molar-refractivity contribution is 0.199. The van der Waals surface area contributed by atoms with Crippen molar-refractivity contribution in [3.05, 3.63) is 64.2 Å². The maximum absolute atomic E-state index is 9.53. The Hall–Kier alpha value is -1.51. The van der Waals surface area contributed by atoms with Gasteiger partial charge in [0.2, 0.25) is 0 Å². The van der Waals surface area contributed by atoms with E-state index in [1.807, 2.05) is 49.4 Å². The lowest BCUT2D eigenvalue weighted by Crippen LogP contribution is -1.99. The number of hydrogen-bond acceptors (Lipinski definition) is 2. The fourth-order valence-electron chi connectivity index (χ4n) is 1.87. The fraction of sp³-hybridized carbons (Fsp3) is 0.250. The summed E-state index contributed by atoms with van der Waals surface area (Å²) in [6.07, 6.45) is -0.462. The molecule has 2 rings (SSSR count). The monoisotopic (exact) mass is 276 g/mol. The molecule has 0 bridgehead atoms. The van der Waals surface area contributed by atoms with Gasteiger partial charge in [-0.05, 0) is 43.2 Å². The molecule has 2 aromatic rings. The molecule has 0 amide bonds. The molecule has 2 aromatic carbocycles. The van der Waals surface area contributed by atoms with Crippen LogP contribution in [0.15, 0.2) is 42.5 Å². The molecule has 0 spiro atoms. The van der Waals surface area contributed by atoms with E-state index in [0.29, 0.717) is 11.6 Å². The van der Waals surface area contributed by atoms with Gasteiger partial charge in [-0.1, -0.05) is 35.9 Å². The van der Waals surface area contributed by atoms with E-state index in [9.17, 15) is 5.11 Å². The number of rotatable bonds is 4. The number of hydrogen-bond donors (Lipinski definition) is 1. The van der Waals surface area contributed by atoms with Gasteiger partial charge in [0.25, 0.3) is 0 Å². The Morgan fingerprint density at radius 1 is 1.21 bits per heavy atom. The van der Waals surface area contributed by atoms with Crippen LogP contribution in [0.25, 0.3) is 0 Å². The zero-order valence-corrected chi connectivity index (χ0v) is 11.8. The summed E-state index contributed by atoms with van der Waals surface area (Å²) in [6.45, 7) is 4.15. The van der Waals surface area contributed by atoms with Crippen molar-refractivity contribution in [3.8, 4) is 5.75 Å². The van der Waals surface area contributed by atoms with Crippen molar-refractivity contribution in [2.75, 3.05) is 0 Å². The highest BCUT2D eigenvalue weighted by atomic mass is 35.5. The van der Waals surface area contributed by atoms with Crippen LogP contribution in [-0.4, -0.2) is 5.11 Å². The largest absolute Gasteiger partial charge is 0.489 e. The summed E-state index contributed by atoms with van der Waals surface area (Å²) in [5.41, 5.74) is 2.86. The van der Waals surface area contributed by atoms with Crippen LogP contribution >= 0.6 is 11.6 Å². The molecule has 3 heteroatoms. The van der Waals surface area contributed by atoms with Crippen LogP contribution < -0.4 is 4.74 Å². The van der Waals surface area contributed by atoms with Crippen LogP contribution in [0.2, 0.25) is 5.02 Å². The number of halogens is 1. The Bertz CT molecular complexity index is 564. The summed E-state index contributed by atoms with van der Waals surface area (Å²) < 4.78 is 5.77. The molecule has 0 aliphatic heterocycles. The molecular weight excluding hydrogens is 260 g/mol. The molecule has 19 heavy (non-hydrogen) atoms. The molecule has 0 fully saturated rings. The fourth-order valence-corrected chi connectivity index (χ4v) is 2.06. The average Bonchev–Trinajstić information content (AvgIpc) is 2.39. The molecule has 0 saturated carbocycles. The number of ether oxygens (including phenoxy) is 1. The molecule has 2 nitrogen and oxygen atoms in total. The standard InChI is InChI=1S/C16H17ClO2/c1-11-9-13(12(2)18)7-8-16(11)19-10-14-5-3-4-6-15(14)17/h3-9,12,18H,10H2,1-2H3/t12-/m0/s1. The first-order chi connectivity index (χ1) is 9.08. The number of aliphatic hydroxyl groups is 1. The summed E-state index contributed by atoms with van der Waals surface area (Å²) in [5.74, 6) is 0.810. The number of benzene rings is 2. The molecule has 0 aromatic heterocycles. The first kappa shape index (κ1) is 13.9. The van der Waals surface area contributed by atoms with Gasteiger partial charge in [-0.25, -0.2) is 0 Å². The maximum atomic E-state index is 9.53. The normalized spacial score (nSPS) is 12.2. The molecule has 1 atom stereocenters. The lowest BCUT2D eigenvalue weighted by atomic mass is 10.1. The van der Waals surface area contributed by atoms with Crippen molar-refractivity contribution < 1.29 is 9.84 Å². The molecule has 0 unspecified atom stereocenters. The van der Waals surface area contributed by atoms with E-state index in [1.165, 1.54) is 0 Å². The van der Waals surface area contributed by atoms with Crippen LogP contribution in [0.4, 0.5) is 0 Å². The summed E-state index contributed by atoms with van der Waals surface area (Å²) in [5, 5.41) is 10.2. The first-order valence-electron chi connectivity index (χ1n) is 6.22. The van der Waals surface area contributed by atoms with Gasteiger partial charge in [0.05, 0.1) is 6.10 Å². The zero-order valence-electron chi connectivity index (χ0n) is 11.1. The molecule has 0 saturated heterocycles. The second-order valence-electron chi connectivity index (χ2n) is 4.58. The molecule has 100 valence electrons. The van der Waals surface area contributed by atoms with Gasteiger partial charge in [0.15, 0.2) is 0 Å². The molecule has 0 heterocycles. The van der Waals surface area contributed by atoms with Gasteiger partial charge in [0, 0.05) is 10.6 Å². The van der Waals surface area contributed by atoms with Gasteiger partial charge in [-0.15, -0.1) is 0 Å². The molecule has 0 aliphatic carbocycles. The van der Waals surface area contributed by atoms with Crippen molar-refractivity contribution >= 4 is 11.6 Å². The van der Waals surface area contributed by atoms with Gasteiger partial charge < -0.3 is 9.84 Å². The minimum atomic E-state index is -0.462.